The third kappa shape index (κ3) is 5.91. The summed E-state index contributed by atoms with van der Waals surface area (Å²) in [4.78, 5) is 5.12. The van der Waals surface area contributed by atoms with Gasteiger partial charge in [-0.25, -0.2) is 0 Å². The zero-order valence-corrected chi connectivity index (χ0v) is 23.8. The molecule has 10 heteroatoms. The smallest absolute Gasteiger partial charge is 0.453 e. The van der Waals surface area contributed by atoms with Crippen LogP contribution >= 0.6 is 0 Å². The fraction of sp³-hybridized carbons (Fsp3) is 0.406. The maximum absolute atomic E-state index is 13.6. The van der Waals surface area contributed by atoms with Gasteiger partial charge in [-0.1, -0.05) is 60.7 Å². The predicted molar refractivity (Wildman–Crippen MR) is 153 cm³/mol. The van der Waals surface area contributed by atoms with Crippen LogP contribution in [0.2, 0.25) is 0 Å². The number of alkyl halides is 3. The van der Waals surface area contributed by atoms with E-state index in [2.05, 4.69) is 86.0 Å². The van der Waals surface area contributed by atoms with Gasteiger partial charge >= 0.3 is 6.18 Å². The highest BCUT2D eigenvalue weighted by molar-refractivity contribution is 5.45. The van der Waals surface area contributed by atoms with E-state index in [1.807, 2.05) is 13.8 Å². The molecule has 0 bridgehead atoms. The Bertz CT molecular complexity index is 1440. The molecule has 4 aromatic rings. The molecule has 7 nitrogen and oxygen atoms in total. The van der Waals surface area contributed by atoms with E-state index in [4.69, 9.17) is 4.74 Å². The summed E-state index contributed by atoms with van der Waals surface area (Å²) >= 11 is 0. The fourth-order valence-corrected chi connectivity index (χ4v) is 6.58. The van der Waals surface area contributed by atoms with Crippen molar-refractivity contribution in [3.05, 3.63) is 101 Å². The molecule has 1 aromatic heterocycles. The number of fused-ring (bicyclic) bond motifs is 1. The Hall–Kier alpha value is -3.76. The Balaban J connectivity index is 1.36. The van der Waals surface area contributed by atoms with Crippen LogP contribution in [0, 0.1) is 0 Å². The molecule has 0 spiro atoms. The molecule has 0 amide bonds. The molecule has 0 unspecified atom stereocenters. The van der Waals surface area contributed by atoms with Crippen molar-refractivity contribution >= 4 is 0 Å². The second-order valence-electron chi connectivity index (χ2n) is 11.5. The maximum atomic E-state index is 13.6. The quantitative estimate of drug-likeness (QED) is 0.259. The molecule has 2 saturated heterocycles. The van der Waals surface area contributed by atoms with Crippen molar-refractivity contribution in [2.45, 2.75) is 63.5 Å². The summed E-state index contributed by atoms with van der Waals surface area (Å²) in [6, 6.07) is 27.0. The van der Waals surface area contributed by atoms with Crippen LogP contribution in [-0.4, -0.2) is 67.8 Å². The molecule has 2 aliphatic heterocycles. The number of aromatic nitrogens is 4. The molecule has 2 atom stereocenters. The van der Waals surface area contributed by atoms with Crippen molar-refractivity contribution < 1.29 is 17.9 Å². The maximum Gasteiger partial charge on any atom is 0.453 e. The van der Waals surface area contributed by atoms with Crippen molar-refractivity contribution in [2.75, 3.05) is 19.6 Å². The van der Waals surface area contributed by atoms with Crippen LogP contribution in [0.1, 0.15) is 55.1 Å². The summed E-state index contributed by atoms with van der Waals surface area (Å²) in [6.07, 6.45) is -2.49. The van der Waals surface area contributed by atoms with E-state index in [0.29, 0.717) is 18.3 Å². The Morgan fingerprint density at radius 2 is 1.62 bits per heavy atom. The highest BCUT2D eigenvalue weighted by atomic mass is 19.4. The molecular formula is C32H35F3N6O. The molecule has 42 heavy (non-hydrogen) atoms. The fourth-order valence-electron chi connectivity index (χ4n) is 6.58. The number of ether oxygens (including phenoxy) is 1. The molecular weight excluding hydrogens is 541 g/mol. The number of rotatable bonds is 8. The van der Waals surface area contributed by atoms with E-state index in [0.717, 1.165) is 42.7 Å². The first kappa shape index (κ1) is 28.4. The number of halogens is 3. The monoisotopic (exact) mass is 576 g/mol. The standard InChI is InChI=1S/C32H35F3N6O/c1-22(2)42-29-16-15-26(41-31(32(33,34)35)36-37-38-41)18-25(29)19-39-20-27-14-9-17-40(27)28(21-39)30(23-10-5-3-6-11-23)24-12-7-4-8-13-24/h3-8,10-13,15-16,18,22,27-28,30H,9,14,17,19-21H2,1-2H3/t27-,28-/m0/s1. The minimum absolute atomic E-state index is 0.0895. The SMILES string of the molecule is CC(C)Oc1ccc(-n2nnnc2C(F)(F)F)cc1CN1C[C@@H]2CCCN2[C@H](C(c2ccccc2)c2ccccc2)C1. The zero-order valence-electron chi connectivity index (χ0n) is 23.8. The van der Waals surface area contributed by atoms with Gasteiger partial charge in [0, 0.05) is 43.2 Å². The summed E-state index contributed by atoms with van der Waals surface area (Å²) in [5, 5.41) is 10.2. The van der Waals surface area contributed by atoms with Gasteiger partial charge in [0.25, 0.3) is 5.82 Å². The van der Waals surface area contributed by atoms with Gasteiger partial charge in [0.15, 0.2) is 0 Å². The summed E-state index contributed by atoms with van der Waals surface area (Å²) in [5.74, 6) is -0.313. The number of nitrogens with zero attached hydrogens (tertiary/aromatic N) is 6. The van der Waals surface area contributed by atoms with Crippen LogP contribution in [0.5, 0.6) is 5.75 Å². The van der Waals surface area contributed by atoms with Gasteiger partial charge in [-0.2, -0.15) is 17.9 Å². The molecule has 3 heterocycles. The number of tetrazole rings is 1. The van der Waals surface area contributed by atoms with Crippen LogP contribution in [-0.2, 0) is 12.7 Å². The molecule has 2 aliphatic rings. The summed E-state index contributed by atoms with van der Waals surface area (Å²) in [6.45, 7) is 7.19. The van der Waals surface area contributed by atoms with Gasteiger partial charge in [0.05, 0.1) is 11.8 Å². The summed E-state index contributed by atoms with van der Waals surface area (Å²) in [5.41, 5.74) is 3.63. The van der Waals surface area contributed by atoms with Crippen LogP contribution in [0.4, 0.5) is 13.2 Å². The average molecular weight is 577 g/mol. The van der Waals surface area contributed by atoms with Crippen molar-refractivity contribution in [1.29, 1.82) is 0 Å². The van der Waals surface area contributed by atoms with Crippen molar-refractivity contribution in [1.82, 2.24) is 30.0 Å². The van der Waals surface area contributed by atoms with E-state index in [1.54, 1.807) is 18.2 Å². The molecule has 3 aromatic carbocycles. The zero-order chi connectivity index (χ0) is 29.3. The molecule has 220 valence electrons. The van der Waals surface area contributed by atoms with E-state index >= 15 is 0 Å². The molecule has 0 saturated carbocycles. The van der Waals surface area contributed by atoms with Gasteiger partial charge in [0.1, 0.15) is 5.75 Å². The number of benzene rings is 3. The lowest BCUT2D eigenvalue weighted by atomic mass is 9.82. The topological polar surface area (TPSA) is 59.3 Å². The second-order valence-corrected chi connectivity index (χ2v) is 11.5. The van der Waals surface area contributed by atoms with Crippen LogP contribution in [0.25, 0.3) is 5.69 Å². The van der Waals surface area contributed by atoms with Gasteiger partial charge < -0.3 is 4.74 Å². The third-order valence-corrected chi connectivity index (χ3v) is 8.23. The lowest BCUT2D eigenvalue weighted by molar-refractivity contribution is -0.146. The van der Waals surface area contributed by atoms with Gasteiger partial charge in [-0.15, -0.1) is 5.10 Å². The van der Waals surface area contributed by atoms with Gasteiger partial charge in [-0.3, -0.25) is 9.80 Å². The van der Waals surface area contributed by atoms with Crippen LogP contribution < -0.4 is 4.74 Å². The van der Waals surface area contributed by atoms with E-state index < -0.39 is 12.0 Å². The van der Waals surface area contributed by atoms with E-state index in [-0.39, 0.29) is 23.8 Å². The first-order valence-electron chi connectivity index (χ1n) is 14.5. The first-order valence-corrected chi connectivity index (χ1v) is 14.5. The van der Waals surface area contributed by atoms with Crippen molar-refractivity contribution in [3.63, 3.8) is 0 Å². The second kappa shape index (κ2) is 11.9. The highest BCUT2D eigenvalue weighted by Gasteiger charge is 2.42. The largest absolute Gasteiger partial charge is 0.491 e. The van der Waals surface area contributed by atoms with E-state index in [9.17, 15) is 13.2 Å². The lowest BCUT2D eigenvalue weighted by Gasteiger charge is -2.47. The molecule has 0 N–H and O–H groups in total. The summed E-state index contributed by atoms with van der Waals surface area (Å²) in [7, 11) is 0. The Labute approximate surface area is 243 Å². The summed E-state index contributed by atoms with van der Waals surface area (Å²) < 4.78 is 47.7. The molecule has 0 aliphatic carbocycles. The van der Waals surface area contributed by atoms with Crippen LogP contribution in [0.3, 0.4) is 0 Å². The molecule has 2 fully saturated rings. The Morgan fingerprint density at radius 1 is 0.929 bits per heavy atom. The minimum Gasteiger partial charge on any atom is -0.491 e. The predicted octanol–water partition coefficient (Wildman–Crippen LogP) is 5.95. The lowest BCUT2D eigenvalue weighted by Crippen LogP contribution is -2.57. The first-order chi connectivity index (χ1) is 20.3. The average Bonchev–Trinajstić information content (AvgIpc) is 3.66. The third-order valence-electron chi connectivity index (χ3n) is 8.23. The van der Waals surface area contributed by atoms with Gasteiger partial charge in [-0.05, 0) is 73.0 Å². The van der Waals surface area contributed by atoms with Crippen molar-refractivity contribution in [2.24, 2.45) is 0 Å². The minimum atomic E-state index is -4.67. The van der Waals surface area contributed by atoms with Crippen molar-refractivity contribution in [3.8, 4) is 11.4 Å². The van der Waals surface area contributed by atoms with E-state index in [1.165, 1.54) is 11.1 Å². The highest BCUT2D eigenvalue weighted by Crippen LogP contribution is 2.39. The molecule has 6 rings (SSSR count). The Morgan fingerprint density at radius 3 is 2.26 bits per heavy atom. The number of hydrogen-bond acceptors (Lipinski definition) is 6. The number of piperazine rings is 1. The van der Waals surface area contributed by atoms with Gasteiger partial charge in [0.2, 0.25) is 0 Å². The Kier molecular flexibility index (Phi) is 8.00. The molecule has 0 radical (unpaired) electrons. The van der Waals surface area contributed by atoms with Crippen LogP contribution in [0.15, 0.2) is 78.9 Å². The number of hydrogen-bond donors (Lipinski definition) is 0. The normalized spacial score (nSPS) is 19.9.